The average molecular weight is 280 g/mol. The van der Waals surface area contributed by atoms with Gasteiger partial charge in [0.1, 0.15) is 5.82 Å². The molecule has 0 aliphatic carbocycles. The molecule has 0 spiro atoms. The molecule has 0 saturated carbocycles. The molecule has 0 amide bonds. The van der Waals surface area contributed by atoms with Crippen LogP contribution in [0.2, 0.25) is 10.0 Å². The molecule has 0 radical (unpaired) electrons. The fraction of sp³-hybridized carbons (Fsp3) is 0.0714. The minimum absolute atomic E-state index is 0.0156. The van der Waals surface area contributed by atoms with E-state index >= 15 is 0 Å². The summed E-state index contributed by atoms with van der Waals surface area (Å²) in [6.07, 6.45) is 0.0156. The van der Waals surface area contributed by atoms with Crippen LogP contribution in [0.4, 0.5) is 4.39 Å². The summed E-state index contributed by atoms with van der Waals surface area (Å²) in [7, 11) is 0. The van der Waals surface area contributed by atoms with E-state index in [1.807, 2.05) is 6.07 Å². The Balaban J connectivity index is 2.66. The monoisotopic (exact) mass is 279 g/mol. The molecular formula is C14H8Cl2FN. The second kappa shape index (κ2) is 5.39. The molecule has 0 saturated heterocycles. The van der Waals surface area contributed by atoms with Crippen molar-refractivity contribution < 1.29 is 4.39 Å². The van der Waals surface area contributed by atoms with Crippen LogP contribution < -0.4 is 0 Å². The molecule has 0 N–H and O–H groups in total. The largest absolute Gasteiger partial charge is 0.206 e. The van der Waals surface area contributed by atoms with Gasteiger partial charge in [-0.2, -0.15) is 5.26 Å². The van der Waals surface area contributed by atoms with E-state index in [0.717, 1.165) is 0 Å². The number of nitrogens with zero attached hydrogens (tertiary/aromatic N) is 1. The molecular weight excluding hydrogens is 272 g/mol. The first-order chi connectivity index (χ1) is 8.65. The molecule has 0 aliphatic heterocycles. The Hall–Kier alpha value is -1.56. The molecule has 0 aromatic heterocycles. The predicted octanol–water partition coefficient (Wildman–Crippen LogP) is 4.87. The third-order valence-corrected chi connectivity index (χ3v) is 3.21. The molecule has 0 heterocycles. The first-order valence-corrected chi connectivity index (χ1v) is 5.99. The maximum Gasteiger partial charge on any atom is 0.135 e. The van der Waals surface area contributed by atoms with Crippen LogP contribution in [0.5, 0.6) is 0 Å². The van der Waals surface area contributed by atoms with Crippen LogP contribution in [-0.2, 0) is 6.42 Å². The molecule has 2 aromatic rings. The smallest absolute Gasteiger partial charge is 0.135 e. The van der Waals surface area contributed by atoms with E-state index < -0.39 is 5.82 Å². The van der Waals surface area contributed by atoms with E-state index in [4.69, 9.17) is 28.5 Å². The van der Waals surface area contributed by atoms with Gasteiger partial charge in [0.05, 0.1) is 12.5 Å². The minimum Gasteiger partial charge on any atom is -0.206 e. The normalized spacial score (nSPS) is 10.1. The maximum atomic E-state index is 14.2. The second-order valence-corrected chi connectivity index (χ2v) is 4.52. The first-order valence-electron chi connectivity index (χ1n) is 5.24. The third-order valence-electron chi connectivity index (χ3n) is 2.58. The van der Waals surface area contributed by atoms with Gasteiger partial charge in [-0.1, -0.05) is 47.5 Å². The van der Waals surface area contributed by atoms with Crippen LogP contribution in [-0.4, -0.2) is 0 Å². The van der Waals surface area contributed by atoms with E-state index in [2.05, 4.69) is 0 Å². The lowest BCUT2D eigenvalue weighted by Gasteiger charge is -2.10. The molecule has 2 aromatic carbocycles. The summed E-state index contributed by atoms with van der Waals surface area (Å²) in [5, 5.41) is 9.42. The standard InChI is InChI=1S/C14H8Cl2FN/c15-11-5-2-6-12(16)13(11)10-4-1-3-9(7-8-18)14(10)17/h1-6H,7H2. The number of hydrogen-bond donors (Lipinski definition) is 0. The minimum atomic E-state index is -0.450. The quantitative estimate of drug-likeness (QED) is 0.770. The lowest BCUT2D eigenvalue weighted by Crippen LogP contribution is -1.93. The van der Waals surface area contributed by atoms with Crippen LogP contribution in [0.1, 0.15) is 5.56 Å². The van der Waals surface area contributed by atoms with Crippen molar-refractivity contribution in [3.8, 4) is 17.2 Å². The molecule has 1 nitrogen and oxygen atoms in total. The van der Waals surface area contributed by atoms with Gasteiger partial charge in [0.25, 0.3) is 0 Å². The molecule has 90 valence electrons. The summed E-state index contributed by atoms with van der Waals surface area (Å²) in [5.41, 5.74) is 1.11. The van der Waals surface area contributed by atoms with Crippen molar-refractivity contribution in [3.63, 3.8) is 0 Å². The zero-order valence-electron chi connectivity index (χ0n) is 9.25. The summed E-state index contributed by atoms with van der Waals surface area (Å²) in [4.78, 5) is 0. The van der Waals surface area contributed by atoms with Crippen LogP contribution in [0, 0.1) is 17.1 Å². The van der Waals surface area contributed by atoms with Gasteiger partial charge in [0, 0.05) is 26.7 Å². The summed E-state index contributed by atoms with van der Waals surface area (Å²) >= 11 is 12.1. The number of halogens is 3. The van der Waals surface area contributed by atoms with E-state index in [1.165, 1.54) is 0 Å². The maximum absolute atomic E-state index is 14.2. The molecule has 18 heavy (non-hydrogen) atoms. The van der Waals surface area contributed by atoms with Gasteiger partial charge in [-0.3, -0.25) is 0 Å². The Morgan fingerprint density at radius 2 is 1.67 bits per heavy atom. The Bertz CT molecular complexity index is 612. The zero-order valence-corrected chi connectivity index (χ0v) is 10.8. The van der Waals surface area contributed by atoms with Gasteiger partial charge in [-0.25, -0.2) is 4.39 Å². The number of hydrogen-bond acceptors (Lipinski definition) is 1. The van der Waals surface area contributed by atoms with Gasteiger partial charge in [-0.15, -0.1) is 0 Å². The van der Waals surface area contributed by atoms with E-state index in [-0.39, 0.29) is 6.42 Å². The van der Waals surface area contributed by atoms with Crippen LogP contribution in [0.15, 0.2) is 36.4 Å². The van der Waals surface area contributed by atoms with Crippen molar-refractivity contribution >= 4 is 23.2 Å². The van der Waals surface area contributed by atoms with Crippen molar-refractivity contribution in [1.82, 2.24) is 0 Å². The Kier molecular flexibility index (Phi) is 3.86. The van der Waals surface area contributed by atoms with E-state index in [1.54, 1.807) is 36.4 Å². The lowest BCUT2D eigenvalue weighted by molar-refractivity contribution is 0.619. The molecule has 0 fully saturated rings. The summed E-state index contributed by atoms with van der Waals surface area (Å²) in [6.45, 7) is 0. The summed E-state index contributed by atoms with van der Waals surface area (Å²) in [6, 6.07) is 11.8. The molecule has 0 bridgehead atoms. The number of rotatable bonds is 2. The highest BCUT2D eigenvalue weighted by Crippen LogP contribution is 2.36. The Morgan fingerprint density at radius 1 is 1.06 bits per heavy atom. The van der Waals surface area contributed by atoms with Crippen molar-refractivity contribution in [3.05, 3.63) is 57.8 Å². The van der Waals surface area contributed by atoms with Gasteiger partial charge in [0.2, 0.25) is 0 Å². The molecule has 4 heteroatoms. The second-order valence-electron chi connectivity index (χ2n) is 3.71. The highest BCUT2D eigenvalue weighted by Gasteiger charge is 2.14. The van der Waals surface area contributed by atoms with Crippen LogP contribution >= 0.6 is 23.2 Å². The average Bonchev–Trinajstić information content (AvgIpc) is 2.33. The number of benzene rings is 2. The predicted molar refractivity (Wildman–Crippen MR) is 71.2 cm³/mol. The van der Waals surface area contributed by atoms with Gasteiger partial charge >= 0.3 is 0 Å². The molecule has 0 unspecified atom stereocenters. The van der Waals surface area contributed by atoms with Gasteiger partial charge in [0.15, 0.2) is 0 Å². The van der Waals surface area contributed by atoms with Crippen molar-refractivity contribution in [2.75, 3.05) is 0 Å². The van der Waals surface area contributed by atoms with Gasteiger partial charge in [-0.05, 0) is 12.1 Å². The number of nitriles is 1. The Morgan fingerprint density at radius 3 is 2.28 bits per heavy atom. The van der Waals surface area contributed by atoms with Crippen LogP contribution in [0.3, 0.4) is 0 Å². The summed E-state index contributed by atoms with van der Waals surface area (Å²) < 4.78 is 14.2. The van der Waals surface area contributed by atoms with Crippen molar-refractivity contribution in [2.24, 2.45) is 0 Å². The topological polar surface area (TPSA) is 23.8 Å². The van der Waals surface area contributed by atoms with Crippen LogP contribution in [0.25, 0.3) is 11.1 Å². The lowest BCUT2D eigenvalue weighted by atomic mass is 10.0. The first kappa shape index (κ1) is 12.9. The zero-order chi connectivity index (χ0) is 13.1. The highest BCUT2D eigenvalue weighted by atomic mass is 35.5. The van der Waals surface area contributed by atoms with Gasteiger partial charge < -0.3 is 0 Å². The third kappa shape index (κ3) is 2.33. The fourth-order valence-electron chi connectivity index (χ4n) is 1.75. The van der Waals surface area contributed by atoms with Crippen molar-refractivity contribution in [1.29, 1.82) is 5.26 Å². The van der Waals surface area contributed by atoms with E-state index in [9.17, 15) is 4.39 Å². The molecule has 0 aliphatic rings. The van der Waals surface area contributed by atoms with Crippen molar-refractivity contribution in [2.45, 2.75) is 6.42 Å². The highest BCUT2D eigenvalue weighted by molar-refractivity contribution is 6.39. The SMILES string of the molecule is N#CCc1cccc(-c2c(Cl)cccc2Cl)c1F. The Labute approximate surface area is 114 Å². The fourth-order valence-corrected chi connectivity index (χ4v) is 2.35. The van der Waals surface area contributed by atoms with E-state index in [0.29, 0.717) is 26.7 Å². The molecule has 0 atom stereocenters. The summed E-state index contributed by atoms with van der Waals surface area (Å²) in [5.74, 6) is -0.450. The molecule has 2 rings (SSSR count).